The van der Waals surface area contributed by atoms with Crippen LogP contribution in [-0.4, -0.2) is 49.6 Å². The highest BCUT2D eigenvalue weighted by molar-refractivity contribution is 5.80. The number of guanidine groups is 1. The number of aliphatic imine (C=N–C) groups is 1. The second-order valence-electron chi connectivity index (χ2n) is 7.97. The van der Waals surface area contributed by atoms with Crippen LogP contribution in [0.1, 0.15) is 58.8 Å². The molecule has 25 heavy (non-hydrogen) atoms. The summed E-state index contributed by atoms with van der Waals surface area (Å²) in [6.07, 6.45) is 8.85. The molecular formula is C20H35N3O2. The fourth-order valence-electron chi connectivity index (χ4n) is 5.08. The summed E-state index contributed by atoms with van der Waals surface area (Å²) in [5.74, 6) is 4.00. The lowest BCUT2D eigenvalue weighted by molar-refractivity contribution is -0.149. The molecule has 1 saturated heterocycles. The monoisotopic (exact) mass is 349 g/mol. The molecule has 0 aromatic carbocycles. The Labute approximate surface area is 152 Å². The first-order chi connectivity index (χ1) is 12.2. The molecule has 1 N–H and O–H groups in total. The molecule has 2 bridgehead atoms. The van der Waals surface area contributed by atoms with Crippen molar-refractivity contribution in [1.29, 1.82) is 0 Å². The average Bonchev–Trinajstić information content (AvgIpc) is 3.24. The number of nitrogens with zero attached hydrogens (tertiary/aromatic N) is 2. The van der Waals surface area contributed by atoms with E-state index >= 15 is 0 Å². The minimum atomic E-state index is -0.0274. The van der Waals surface area contributed by atoms with Crippen molar-refractivity contribution in [2.24, 2.45) is 28.7 Å². The lowest BCUT2D eigenvalue weighted by Crippen LogP contribution is -2.46. The predicted octanol–water partition coefficient (Wildman–Crippen LogP) is 3.05. The quantitative estimate of drug-likeness (QED) is 0.455. The van der Waals surface area contributed by atoms with E-state index in [0.29, 0.717) is 6.61 Å². The van der Waals surface area contributed by atoms with E-state index in [1.165, 1.54) is 32.1 Å². The van der Waals surface area contributed by atoms with Crippen LogP contribution in [0.25, 0.3) is 0 Å². The van der Waals surface area contributed by atoms with Crippen LogP contribution in [0.15, 0.2) is 4.99 Å². The molecule has 5 nitrogen and oxygen atoms in total. The molecule has 3 unspecified atom stereocenters. The summed E-state index contributed by atoms with van der Waals surface area (Å²) >= 11 is 0. The minimum Gasteiger partial charge on any atom is -0.466 e. The van der Waals surface area contributed by atoms with Gasteiger partial charge in [0.1, 0.15) is 0 Å². The number of ether oxygens (including phenoxy) is 1. The van der Waals surface area contributed by atoms with Gasteiger partial charge in [0.05, 0.1) is 12.5 Å². The SMILES string of the molecule is CCNC(=NCCC1CC2CCC1C2)N1CCC(C(=O)OCC)CC1. The highest BCUT2D eigenvalue weighted by Gasteiger charge is 2.38. The number of hydrogen-bond acceptors (Lipinski definition) is 3. The van der Waals surface area contributed by atoms with Crippen molar-refractivity contribution in [3.05, 3.63) is 0 Å². The normalized spacial score (nSPS) is 29.9. The molecule has 142 valence electrons. The lowest BCUT2D eigenvalue weighted by atomic mass is 9.86. The summed E-state index contributed by atoms with van der Waals surface area (Å²) in [7, 11) is 0. The molecular weight excluding hydrogens is 314 g/mol. The van der Waals surface area contributed by atoms with Gasteiger partial charge in [0.2, 0.25) is 0 Å². The summed E-state index contributed by atoms with van der Waals surface area (Å²) in [6.45, 7) is 8.09. The van der Waals surface area contributed by atoms with E-state index in [-0.39, 0.29) is 11.9 Å². The number of piperidine rings is 1. The zero-order valence-electron chi connectivity index (χ0n) is 16.0. The van der Waals surface area contributed by atoms with Crippen LogP contribution >= 0.6 is 0 Å². The predicted molar refractivity (Wildman–Crippen MR) is 100 cm³/mol. The van der Waals surface area contributed by atoms with E-state index < -0.39 is 0 Å². The standard InChI is InChI=1S/C20H35N3O2/c1-3-21-20(22-10-7-18-14-15-5-6-17(18)13-15)23-11-8-16(9-12-23)19(24)25-4-2/h15-18H,3-14H2,1-2H3,(H,21,22). The van der Waals surface area contributed by atoms with E-state index in [1.54, 1.807) is 0 Å². The van der Waals surface area contributed by atoms with Gasteiger partial charge >= 0.3 is 5.97 Å². The van der Waals surface area contributed by atoms with Gasteiger partial charge in [0.25, 0.3) is 0 Å². The Balaban J connectivity index is 1.46. The third-order valence-corrected chi connectivity index (χ3v) is 6.40. The van der Waals surface area contributed by atoms with Crippen molar-refractivity contribution in [3.63, 3.8) is 0 Å². The van der Waals surface area contributed by atoms with E-state index in [0.717, 1.165) is 62.7 Å². The Hall–Kier alpha value is -1.26. The molecule has 3 atom stereocenters. The summed E-state index contributed by atoms with van der Waals surface area (Å²) in [6, 6.07) is 0. The number of hydrogen-bond donors (Lipinski definition) is 1. The number of nitrogens with one attached hydrogen (secondary N) is 1. The first kappa shape index (κ1) is 18.5. The second kappa shape index (κ2) is 8.91. The maximum absolute atomic E-state index is 11.9. The fraction of sp³-hybridized carbons (Fsp3) is 0.900. The minimum absolute atomic E-state index is 0.0274. The summed E-state index contributed by atoms with van der Waals surface area (Å²) in [4.78, 5) is 19.1. The first-order valence-electron chi connectivity index (χ1n) is 10.4. The third-order valence-electron chi connectivity index (χ3n) is 6.40. The molecule has 0 radical (unpaired) electrons. The number of likely N-dealkylation sites (tertiary alicyclic amines) is 1. The van der Waals surface area contributed by atoms with Gasteiger partial charge in [-0.3, -0.25) is 9.79 Å². The van der Waals surface area contributed by atoms with Crippen LogP contribution in [-0.2, 0) is 9.53 Å². The van der Waals surface area contributed by atoms with Crippen LogP contribution < -0.4 is 5.32 Å². The number of carbonyl (C=O) groups excluding carboxylic acids is 1. The van der Waals surface area contributed by atoms with Crippen molar-refractivity contribution in [2.75, 3.05) is 32.8 Å². The highest BCUT2D eigenvalue weighted by atomic mass is 16.5. The van der Waals surface area contributed by atoms with Crippen molar-refractivity contribution in [3.8, 4) is 0 Å². The van der Waals surface area contributed by atoms with Gasteiger partial charge in [0, 0.05) is 26.2 Å². The van der Waals surface area contributed by atoms with Crippen molar-refractivity contribution >= 4 is 11.9 Å². The van der Waals surface area contributed by atoms with Gasteiger partial charge in [-0.2, -0.15) is 0 Å². The zero-order valence-corrected chi connectivity index (χ0v) is 16.0. The van der Waals surface area contributed by atoms with Crippen LogP contribution in [0, 0.1) is 23.7 Å². The first-order valence-corrected chi connectivity index (χ1v) is 10.4. The Morgan fingerprint density at radius 2 is 1.96 bits per heavy atom. The molecule has 0 amide bonds. The summed E-state index contributed by atoms with van der Waals surface area (Å²) in [5, 5.41) is 3.44. The second-order valence-corrected chi connectivity index (χ2v) is 7.97. The Morgan fingerprint density at radius 3 is 2.56 bits per heavy atom. The van der Waals surface area contributed by atoms with Crippen molar-refractivity contribution in [1.82, 2.24) is 10.2 Å². The summed E-state index contributed by atoms with van der Waals surface area (Å²) < 4.78 is 5.17. The van der Waals surface area contributed by atoms with Crippen LogP contribution in [0.4, 0.5) is 0 Å². The van der Waals surface area contributed by atoms with Gasteiger partial charge in [-0.1, -0.05) is 6.42 Å². The molecule has 0 aromatic heterocycles. The van der Waals surface area contributed by atoms with Crippen LogP contribution in [0.3, 0.4) is 0 Å². The Morgan fingerprint density at radius 1 is 1.16 bits per heavy atom. The van der Waals surface area contributed by atoms with E-state index in [1.807, 2.05) is 6.92 Å². The maximum atomic E-state index is 11.9. The number of fused-ring (bicyclic) bond motifs is 2. The number of esters is 1. The molecule has 3 aliphatic rings. The van der Waals surface area contributed by atoms with E-state index in [2.05, 4.69) is 17.1 Å². The third kappa shape index (κ3) is 4.68. The van der Waals surface area contributed by atoms with Gasteiger partial charge in [-0.05, 0) is 70.1 Å². The molecule has 1 heterocycles. The smallest absolute Gasteiger partial charge is 0.309 e. The Bertz CT molecular complexity index is 472. The lowest BCUT2D eigenvalue weighted by Gasteiger charge is -2.33. The van der Waals surface area contributed by atoms with E-state index in [9.17, 15) is 4.79 Å². The van der Waals surface area contributed by atoms with Crippen molar-refractivity contribution < 1.29 is 9.53 Å². The largest absolute Gasteiger partial charge is 0.466 e. The molecule has 5 heteroatoms. The number of carbonyl (C=O) groups is 1. The molecule has 0 spiro atoms. The fourth-order valence-corrected chi connectivity index (χ4v) is 5.08. The van der Waals surface area contributed by atoms with Crippen LogP contribution in [0.5, 0.6) is 0 Å². The average molecular weight is 350 g/mol. The summed E-state index contributed by atoms with van der Waals surface area (Å²) in [5.41, 5.74) is 0. The molecule has 3 rings (SSSR count). The highest BCUT2D eigenvalue weighted by Crippen LogP contribution is 2.49. The van der Waals surface area contributed by atoms with Gasteiger partial charge in [0.15, 0.2) is 5.96 Å². The maximum Gasteiger partial charge on any atom is 0.309 e. The number of rotatable bonds is 6. The molecule has 2 aliphatic carbocycles. The topological polar surface area (TPSA) is 53.9 Å². The zero-order chi connectivity index (χ0) is 17.6. The van der Waals surface area contributed by atoms with Crippen LogP contribution in [0.2, 0.25) is 0 Å². The molecule has 0 aromatic rings. The molecule has 2 saturated carbocycles. The molecule has 1 aliphatic heterocycles. The van der Waals surface area contributed by atoms with E-state index in [4.69, 9.17) is 9.73 Å². The van der Waals surface area contributed by atoms with Crippen molar-refractivity contribution in [2.45, 2.75) is 58.8 Å². The van der Waals surface area contributed by atoms with Gasteiger partial charge in [-0.25, -0.2) is 0 Å². The Kier molecular flexibility index (Phi) is 6.60. The van der Waals surface area contributed by atoms with Gasteiger partial charge < -0.3 is 15.0 Å². The molecule has 3 fully saturated rings. The van der Waals surface area contributed by atoms with Gasteiger partial charge in [-0.15, -0.1) is 0 Å².